The number of carbonyl (C=O) groups excluding carboxylic acids is 1. The molecule has 0 aliphatic carbocycles. The third-order valence-corrected chi connectivity index (χ3v) is 4.89. The van der Waals surface area contributed by atoms with Gasteiger partial charge in [-0.3, -0.25) is 15.5 Å². The number of hydrogen-bond donors (Lipinski definition) is 4. The molecular weight excluding hydrogens is 326 g/mol. The molecular formula is C20H23N5O. The minimum absolute atomic E-state index is 0.111. The van der Waals surface area contributed by atoms with E-state index in [0.717, 1.165) is 17.0 Å². The zero-order chi connectivity index (χ0) is 18.0. The molecule has 1 atom stereocenters. The van der Waals surface area contributed by atoms with Crippen molar-refractivity contribution in [3.05, 3.63) is 83.2 Å². The maximum absolute atomic E-state index is 12.8. The molecule has 0 aromatic heterocycles. The largest absolute Gasteiger partial charge is 0.374 e. The van der Waals surface area contributed by atoms with E-state index in [9.17, 15) is 4.79 Å². The van der Waals surface area contributed by atoms with Gasteiger partial charge in [0.15, 0.2) is 5.79 Å². The molecule has 2 aromatic carbocycles. The lowest BCUT2D eigenvalue weighted by Crippen LogP contribution is -2.69. The Labute approximate surface area is 153 Å². The number of urea groups is 1. The Hall–Kier alpha value is -2.83. The van der Waals surface area contributed by atoms with Gasteiger partial charge in [0, 0.05) is 12.2 Å². The standard InChI is InChI=1S/C20H23N5O/c1-15-18-20(23-14-21-15,22-12-16-8-4-2-5-9-16)25(19(26)24-18)13-17-10-6-3-7-11-17/h2-11,21-23H,12-14H2,1H3,(H,24,26). The molecule has 2 heterocycles. The van der Waals surface area contributed by atoms with E-state index >= 15 is 0 Å². The molecule has 6 heteroatoms. The van der Waals surface area contributed by atoms with Crippen LogP contribution in [-0.2, 0) is 13.1 Å². The second-order valence-corrected chi connectivity index (χ2v) is 6.58. The Morgan fingerprint density at radius 1 is 1.04 bits per heavy atom. The highest BCUT2D eigenvalue weighted by molar-refractivity contribution is 5.82. The van der Waals surface area contributed by atoms with Crippen molar-refractivity contribution in [2.24, 2.45) is 0 Å². The van der Waals surface area contributed by atoms with Crippen LogP contribution >= 0.6 is 0 Å². The molecule has 0 radical (unpaired) electrons. The average molecular weight is 349 g/mol. The van der Waals surface area contributed by atoms with Gasteiger partial charge in [0.25, 0.3) is 0 Å². The molecule has 1 saturated heterocycles. The zero-order valence-electron chi connectivity index (χ0n) is 14.8. The van der Waals surface area contributed by atoms with Crippen LogP contribution in [0.4, 0.5) is 4.79 Å². The minimum Gasteiger partial charge on any atom is -0.374 e. The number of benzene rings is 2. The van der Waals surface area contributed by atoms with Gasteiger partial charge in [0.2, 0.25) is 0 Å². The Morgan fingerprint density at radius 2 is 1.69 bits per heavy atom. The second-order valence-electron chi connectivity index (χ2n) is 6.58. The van der Waals surface area contributed by atoms with E-state index in [0.29, 0.717) is 19.8 Å². The van der Waals surface area contributed by atoms with Crippen molar-refractivity contribution in [3.63, 3.8) is 0 Å². The fraction of sp³-hybridized carbons (Fsp3) is 0.250. The molecule has 2 aromatic rings. The van der Waals surface area contributed by atoms with Gasteiger partial charge in [0.05, 0.1) is 18.9 Å². The third-order valence-electron chi connectivity index (χ3n) is 4.89. The van der Waals surface area contributed by atoms with Gasteiger partial charge in [-0.2, -0.15) is 0 Å². The topological polar surface area (TPSA) is 68.4 Å². The molecule has 2 aliphatic heterocycles. The Morgan fingerprint density at radius 3 is 2.38 bits per heavy atom. The first-order valence-corrected chi connectivity index (χ1v) is 8.81. The fourth-order valence-electron chi connectivity index (χ4n) is 3.52. The monoisotopic (exact) mass is 349 g/mol. The van der Waals surface area contributed by atoms with Gasteiger partial charge in [-0.15, -0.1) is 0 Å². The van der Waals surface area contributed by atoms with Crippen LogP contribution in [0.3, 0.4) is 0 Å². The first-order valence-electron chi connectivity index (χ1n) is 8.81. The van der Waals surface area contributed by atoms with E-state index in [4.69, 9.17) is 0 Å². The molecule has 134 valence electrons. The van der Waals surface area contributed by atoms with E-state index < -0.39 is 5.79 Å². The summed E-state index contributed by atoms with van der Waals surface area (Å²) in [6.07, 6.45) is 0. The lowest BCUT2D eigenvalue weighted by molar-refractivity contribution is 0.0937. The Kier molecular flexibility index (Phi) is 4.36. The number of fused-ring (bicyclic) bond motifs is 1. The quantitative estimate of drug-likeness (QED) is 0.667. The second kappa shape index (κ2) is 6.82. The first kappa shape index (κ1) is 16.6. The van der Waals surface area contributed by atoms with E-state index in [2.05, 4.69) is 33.4 Å². The predicted molar refractivity (Wildman–Crippen MR) is 100 cm³/mol. The van der Waals surface area contributed by atoms with Crippen LogP contribution in [0.25, 0.3) is 0 Å². The molecule has 6 nitrogen and oxygen atoms in total. The number of allylic oxidation sites excluding steroid dienone is 1. The smallest absolute Gasteiger partial charge is 0.324 e. The van der Waals surface area contributed by atoms with E-state index in [1.165, 1.54) is 5.56 Å². The zero-order valence-corrected chi connectivity index (χ0v) is 14.8. The van der Waals surface area contributed by atoms with Gasteiger partial charge >= 0.3 is 6.03 Å². The SMILES string of the molecule is CC1=C2NC(=O)N(Cc3ccccc3)C2(NCc2ccccc2)NCN1. The number of hydrogen-bond acceptors (Lipinski definition) is 4. The summed E-state index contributed by atoms with van der Waals surface area (Å²) >= 11 is 0. The third kappa shape index (κ3) is 2.94. The van der Waals surface area contributed by atoms with Crippen molar-refractivity contribution in [3.8, 4) is 0 Å². The van der Waals surface area contributed by atoms with Gasteiger partial charge in [-0.25, -0.2) is 4.79 Å². The molecule has 0 bridgehead atoms. The fourth-order valence-corrected chi connectivity index (χ4v) is 3.52. The maximum atomic E-state index is 12.8. The number of amides is 2. The van der Waals surface area contributed by atoms with Gasteiger partial charge < -0.3 is 10.6 Å². The predicted octanol–water partition coefficient (Wildman–Crippen LogP) is 2.04. The van der Waals surface area contributed by atoms with E-state index in [1.54, 1.807) is 0 Å². The van der Waals surface area contributed by atoms with Crippen molar-refractivity contribution in [2.75, 3.05) is 6.67 Å². The van der Waals surface area contributed by atoms with Gasteiger partial charge in [0.1, 0.15) is 0 Å². The van der Waals surface area contributed by atoms with E-state index in [-0.39, 0.29) is 6.03 Å². The average Bonchev–Trinajstić information content (AvgIpc) is 2.96. The highest BCUT2D eigenvalue weighted by Gasteiger charge is 2.51. The molecule has 2 amide bonds. The molecule has 0 spiro atoms. The highest BCUT2D eigenvalue weighted by atomic mass is 16.2. The molecule has 1 unspecified atom stereocenters. The van der Waals surface area contributed by atoms with Crippen LogP contribution in [0.2, 0.25) is 0 Å². The number of carbonyl (C=O) groups is 1. The first-order chi connectivity index (χ1) is 12.7. The van der Waals surface area contributed by atoms with Crippen molar-refractivity contribution < 1.29 is 4.79 Å². The summed E-state index contributed by atoms with van der Waals surface area (Å²) in [6, 6.07) is 20.1. The number of rotatable bonds is 5. The van der Waals surface area contributed by atoms with Crippen molar-refractivity contribution in [1.29, 1.82) is 0 Å². The van der Waals surface area contributed by atoms with Crippen LogP contribution < -0.4 is 21.3 Å². The lowest BCUT2D eigenvalue weighted by atomic mass is 10.1. The molecule has 0 saturated carbocycles. The summed E-state index contributed by atoms with van der Waals surface area (Å²) in [5, 5.41) is 13.3. The Balaban J connectivity index is 1.66. The van der Waals surface area contributed by atoms with Gasteiger partial charge in [-0.1, -0.05) is 60.7 Å². The van der Waals surface area contributed by atoms with Crippen molar-refractivity contribution in [1.82, 2.24) is 26.2 Å². The van der Waals surface area contributed by atoms with Crippen LogP contribution in [0.15, 0.2) is 72.1 Å². The molecule has 2 aliphatic rings. The van der Waals surface area contributed by atoms with Crippen molar-refractivity contribution >= 4 is 6.03 Å². The summed E-state index contributed by atoms with van der Waals surface area (Å²) in [5.41, 5.74) is 4.05. The highest BCUT2D eigenvalue weighted by Crippen LogP contribution is 2.30. The van der Waals surface area contributed by atoms with Crippen molar-refractivity contribution in [2.45, 2.75) is 25.8 Å². The molecule has 26 heavy (non-hydrogen) atoms. The summed E-state index contributed by atoms with van der Waals surface area (Å²) in [4.78, 5) is 14.6. The molecule has 4 rings (SSSR count). The minimum atomic E-state index is -0.752. The summed E-state index contributed by atoms with van der Waals surface area (Å²) in [7, 11) is 0. The van der Waals surface area contributed by atoms with Crippen LogP contribution in [-0.4, -0.2) is 23.4 Å². The van der Waals surface area contributed by atoms with Crippen LogP contribution in [0, 0.1) is 0 Å². The lowest BCUT2D eigenvalue weighted by Gasteiger charge is -2.42. The Bertz CT molecular complexity index is 821. The normalized spacial score (nSPS) is 22.0. The summed E-state index contributed by atoms with van der Waals surface area (Å²) < 4.78 is 0. The van der Waals surface area contributed by atoms with E-state index in [1.807, 2.05) is 60.4 Å². The molecule has 4 N–H and O–H groups in total. The van der Waals surface area contributed by atoms with Gasteiger partial charge in [-0.05, 0) is 18.1 Å². The van der Waals surface area contributed by atoms with Crippen LogP contribution in [0.5, 0.6) is 0 Å². The summed E-state index contributed by atoms with van der Waals surface area (Å²) in [5.74, 6) is -0.752. The maximum Gasteiger partial charge on any atom is 0.324 e. The number of nitrogens with one attached hydrogen (secondary N) is 4. The summed E-state index contributed by atoms with van der Waals surface area (Å²) in [6.45, 7) is 3.72. The molecule has 1 fully saturated rings. The van der Waals surface area contributed by atoms with Crippen LogP contribution in [0.1, 0.15) is 18.1 Å². The number of nitrogens with zero attached hydrogens (tertiary/aromatic N) is 1.